The summed E-state index contributed by atoms with van der Waals surface area (Å²) in [5.41, 5.74) is 0.507. The Labute approximate surface area is 147 Å². The molecule has 0 unspecified atom stereocenters. The summed E-state index contributed by atoms with van der Waals surface area (Å²) in [5, 5.41) is 2.76. The monoisotopic (exact) mass is 344 g/mol. The Morgan fingerprint density at radius 2 is 2.32 bits per heavy atom. The molecule has 1 aliphatic rings. The van der Waals surface area contributed by atoms with Gasteiger partial charge in [0.1, 0.15) is 11.6 Å². The van der Waals surface area contributed by atoms with E-state index in [1.807, 2.05) is 6.20 Å². The van der Waals surface area contributed by atoms with Crippen LogP contribution in [0.15, 0.2) is 36.7 Å². The molecule has 0 radical (unpaired) electrons. The van der Waals surface area contributed by atoms with Gasteiger partial charge in [-0.15, -0.1) is 0 Å². The van der Waals surface area contributed by atoms with Crippen molar-refractivity contribution in [3.63, 3.8) is 0 Å². The third kappa shape index (κ3) is 4.66. The number of amides is 1. The lowest BCUT2D eigenvalue weighted by Gasteiger charge is -2.34. The van der Waals surface area contributed by atoms with E-state index in [9.17, 15) is 9.18 Å². The summed E-state index contributed by atoms with van der Waals surface area (Å²) in [7, 11) is 0. The molecular weight excluding hydrogens is 319 g/mol. The van der Waals surface area contributed by atoms with E-state index in [4.69, 9.17) is 0 Å². The van der Waals surface area contributed by atoms with Gasteiger partial charge in [-0.3, -0.25) is 4.79 Å². The van der Waals surface area contributed by atoms with Crippen molar-refractivity contribution in [2.45, 2.75) is 38.6 Å². The largest absolute Gasteiger partial charge is 0.331 e. The number of rotatable bonds is 6. The zero-order valence-corrected chi connectivity index (χ0v) is 14.6. The van der Waals surface area contributed by atoms with E-state index in [-0.39, 0.29) is 11.7 Å². The summed E-state index contributed by atoms with van der Waals surface area (Å²) in [6.45, 7) is 4.79. The van der Waals surface area contributed by atoms with Crippen molar-refractivity contribution in [2.24, 2.45) is 0 Å². The molecule has 2 aromatic rings. The van der Waals surface area contributed by atoms with Crippen LogP contribution in [0.3, 0.4) is 0 Å². The molecule has 1 aromatic heterocycles. The number of anilines is 1. The number of imidazole rings is 1. The Hall–Kier alpha value is -2.21. The number of benzene rings is 1. The van der Waals surface area contributed by atoms with Crippen LogP contribution in [0.5, 0.6) is 0 Å². The zero-order chi connectivity index (χ0) is 17.6. The SMILES string of the molecule is CCc1nccn1[C@@H]1CCCN(CCC(=O)Nc2cccc(F)c2)C1. The first-order chi connectivity index (χ1) is 12.2. The predicted molar refractivity (Wildman–Crippen MR) is 96.0 cm³/mol. The van der Waals surface area contributed by atoms with E-state index >= 15 is 0 Å². The lowest BCUT2D eigenvalue weighted by Crippen LogP contribution is -2.38. The summed E-state index contributed by atoms with van der Waals surface area (Å²) in [6.07, 6.45) is 7.54. The molecule has 0 saturated carbocycles. The van der Waals surface area contributed by atoms with E-state index in [2.05, 4.69) is 32.9 Å². The summed E-state index contributed by atoms with van der Waals surface area (Å²) < 4.78 is 15.4. The maximum atomic E-state index is 13.2. The van der Waals surface area contributed by atoms with Crippen LogP contribution < -0.4 is 5.32 Å². The molecule has 1 aromatic carbocycles. The number of hydrogen-bond donors (Lipinski definition) is 1. The molecule has 1 atom stereocenters. The molecule has 1 amide bonds. The first-order valence-electron chi connectivity index (χ1n) is 8.95. The van der Waals surface area contributed by atoms with E-state index in [1.165, 1.54) is 12.1 Å². The first kappa shape index (κ1) is 17.6. The number of piperidine rings is 1. The van der Waals surface area contributed by atoms with Gasteiger partial charge in [0.15, 0.2) is 0 Å². The molecule has 3 rings (SSSR count). The maximum Gasteiger partial charge on any atom is 0.225 e. The van der Waals surface area contributed by atoms with Crippen LogP contribution in [-0.4, -0.2) is 40.0 Å². The number of carbonyl (C=O) groups is 1. The van der Waals surface area contributed by atoms with Gasteiger partial charge in [-0.1, -0.05) is 13.0 Å². The molecule has 1 aliphatic heterocycles. The quantitative estimate of drug-likeness (QED) is 0.875. The summed E-state index contributed by atoms with van der Waals surface area (Å²) in [4.78, 5) is 18.8. The normalized spacial score (nSPS) is 18.2. The summed E-state index contributed by atoms with van der Waals surface area (Å²) in [6, 6.07) is 6.42. The van der Waals surface area contributed by atoms with Crippen molar-refractivity contribution in [1.29, 1.82) is 0 Å². The van der Waals surface area contributed by atoms with E-state index < -0.39 is 0 Å². The van der Waals surface area contributed by atoms with E-state index in [0.717, 1.165) is 38.2 Å². The lowest BCUT2D eigenvalue weighted by atomic mass is 10.0. The van der Waals surface area contributed by atoms with Crippen molar-refractivity contribution in [2.75, 3.05) is 25.0 Å². The molecule has 1 saturated heterocycles. The molecular formula is C19H25FN4O. The zero-order valence-electron chi connectivity index (χ0n) is 14.6. The van der Waals surface area contributed by atoms with Gasteiger partial charge >= 0.3 is 0 Å². The number of aromatic nitrogens is 2. The Bertz CT molecular complexity index is 715. The summed E-state index contributed by atoms with van der Waals surface area (Å²) >= 11 is 0. The molecule has 1 fully saturated rings. The second-order valence-corrected chi connectivity index (χ2v) is 6.51. The second kappa shape index (κ2) is 8.25. The van der Waals surface area contributed by atoms with Crippen LogP contribution in [-0.2, 0) is 11.2 Å². The van der Waals surface area contributed by atoms with Crippen LogP contribution in [0.4, 0.5) is 10.1 Å². The molecule has 0 spiro atoms. The average Bonchev–Trinajstić information content (AvgIpc) is 3.09. The van der Waals surface area contributed by atoms with Gasteiger partial charge in [0, 0.05) is 50.1 Å². The number of hydrogen-bond acceptors (Lipinski definition) is 3. The Kier molecular flexibility index (Phi) is 5.81. The Morgan fingerprint density at radius 1 is 1.44 bits per heavy atom. The fraction of sp³-hybridized carbons (Fsp3) is 0.474. The van der Waals surface area contributed by atoms with Gasteiger partial charge in [-0.2, -0.15) is 0 Å². The van der Waals surface area contributed by atoms with Crippen molar-refractivity contribution < 1.29 is 9.18 Å². The van der Waals surface area contributed by atoms with Crippen molar-refractivity contribution in [3.05, 3.63) is 48.3 Å². The van der Waals surface area contributed by atoms with Gasteiger partial charge in [0.2, 0.25) is 5.91 Å². The highest BCUT2D eigenvalue weighted by atomic mass is 19.1. The van der Waals surface area contributed by atoms with E-state index in [1.54, 1.807) is 12.1 Å². The molecule has 6 heteroatoms. The minimum absolute atomic E-state index is 0.0791. The minimum atomic E-state index is -0.344. The number of carbonyl (C=O) groups excluding carboxylic acids is 1. The fourth-order valence-electron chi connectivity index (χ4n) is 3.46. The number of aryl methyl sites for hydroxylation is 1. The van der Waals surface area contributed by atoms with Crippen LogP contribution >= 0.6 is 0 Å². The van der Waals surface area contributed by atoms with Crippen molar-refractivity contribution in [3.8, 4) is 0 Å². The number of halogens is 1. The topological polar surface area (TPSA) is 50.2 Å². The number of nitrogens with one attached hydrogen (secondary N) is 1. The molecule has 0 bridgehead atoms. The highest BCUT2D eigenvalue weighted by molar-refractivity contribution is 5.90. The first-order valence-corrected chi connectivity index (χ1v) is 8.95. The van der Waals surface area contributed by atoms with Gasteiger partial charge in [0.25, 0.3) is 0 Å². The molecule has 25 heavy (non-hydrogen) atoms. The highest BCUT2D eigenvalue weighted by Crippen LogP contribution is 2.23. The predicted octanol–water partition coefficient (Wildman–Crippen LogP) is 3.25. The summed E-state index contributed by atoms with van der Waals surface area (Å²) in [5.74, 6) is 0.698. The van der Waals surface area contributed by atoms with Crippen molar-refractivity contribution in [1.82, 2.24) is 14.5 Å². The Morgan fingerprint density at radius 3 is 3.12 bits per heavy atom. The van der Waals surface area contributed by atoms with E-state index in [0.29, 0.717) is 24.7 Å². The molecule has 5 nitrogen and oxygen atoms in total. The molecule has 0 aliphatic carbocycles. The van der Waals surface area contributed by atoms with Gasteiger partial charge in [-0.05, 0) is 37.6 Å². The Balaban J connectivity index is 1.50. The van der Waals surface area contributed by atoms with Gasteiger partial charge in [-0.25, -0.2) is 9.37 Å². The average molecular weight is 344 g/mol. The second-order valence-electron chi connectivity index (χ2n) is 6.51. The maximum absolute atomic E-state index is 13.2. The number of nitrogens with zero attached hydrogens (tertiary/aromatic N) is 3. The fourth-order valence-corrected chi connectivity index (χ4v) is 3.46. The van der Waals surface area contributed by atoms with Gasteiger partial charge < -0.3 is 14.8 Å². The minimum Gasteiger partial charge on any atom is -0.331 e. The van der Waals surface area contributed by atoms with Gasteiger partial charge in [0.05, 0.1) is 0 Å². The smallest absolute Gasteiger partial charge is 0.225 e. The van der Waals surface area contributed by atoms with Crippen molar-refractivity contribution >= 4 is 11.6 Å². The molecule has 134 valence electrons. The van der Waals surface area contributed by atoms with Crippen LogP contribution in [0.2, 0.25) is 0 Å². The molecule has 2 heterocycles. The number of likely N-dealkylation sites (tertiary alicyclic amines) is 1. The van der Waals surface area contributed by atoms with Crippen LogP contribution in [0.25, 0.3) is 0 Å². The molecule has 1 N–H and O–H groups in total. The van der Waals surface area contributed by atoms with Crippen LogP contribution in [0, 0.1) is 5.82 Å². The third-order valence-electron chi connectivity index (χ3n) is 4.70. The highest BCUT2D eigenvalue weighted by Gasteiger charge is 2.22. The standard InChI is InChI=1S/C19H25FN4O/c1-2-18-21-9-12-24(18)17-7-4-10-23(14-17)11-8-19(25)22-16-6-3-5-15(20)13-16/h3,5-6,9,12-13,17H,2,4,7-8,10-11,14H2,1H3,(H,22,25)/t17-/m1/s1. The van der Waals surface area contributed by atoms with Crippen LogP contribution in [0.1, 0.15) is 38.1 Å². The lowest BCUT2D eigenvalue weighted by molar-refractivity contribution is -0.116. The third-order valence-corrected chi connectivity index (χ3v) is 4.70.